The lowest BCUT2D eigenvalue weighted by Crippen LogP contribution is -2.41. The Morgan fingerprint density at radius 1 is 1.06 bits per heavy atom. The molecule has 5 rings (SSSR count). The zero-order chi connectivity index (χ0) is 24.9. The van der Waals surface area contributed by atoms with Crippen molar-refractivity contribution in [2.24, 2.45) is 0 Å². The van der Waals surface area contributed by atoms with Crippen molar-refractivity contribution in [3.05, 3.63) is 83.6 Å². The van der Waals surface area contributed by atoms with Crippen molar-refractivity contribution in [2.45, 2.75) is 38.3 Å². The number of carbonyl (C=O) groups excluding carboxylic acids is 1. The molecule has 1 aliphatic carbocycles. The number of hydrogen-bond donors (Lipinski definition) is 0. The fraction of sp³-hybridized carbons (Fsp3) is 0.286. The maximum Gasteiger partial charge on any atom is 0.254 e. The van der Waals surface area contributed by atoms with Crippen molar-refractivity contribution in [1.29, 1.82) is 0 Å². The molecular weight excluding hydrogens is 474 g/mol. The van der Waals surface area contributed by atoms with Gasteiger partial charge in [0.05, 0.1) is 18.7 Å². The molecule has 36 heavy (non-hydrogen) atoms. The second-order valence-electron chi connectivity index (χ2n) is 8.87. The SMILES string of the molecule is COc1ccc(-c2nc(-c3ccncc3)n(CCN(C(=O)c3ccccc3)C3CCCC3)n2)cc1Cl. The number of rotatable bonds is 8. The molecule has 1 amide bonds. The van der Waals surface area contributed by atoms with Crippen molar-refractivity contribution in [3.63, 3.8) is 0 Å². The second-order valence-corrected chi connectivity index (χ2v) is 9.28. The lowest BCUT2D eigenvalue weighted by atomic mass is 10.1. The van der Waals surface area contributed by atoms with Gasteiger partial charge in [0.1, 0.15) is 5.75 Å². The van der Waals surface area contributed by atoms with E-state index >= 15 is 0 Å². The van der Waals surface area contributed by atoms with E-state index in [0.29, 0.717) is 35.2 Å². The minimum atomic E-state index is 0.0650. The van der Waals surface area contributed by atoms with E-state index in [4.69, 9.17) is 26.4 Å². The van der Waals surface area contributed by atoms with Gasteiger partial charge in [-0.3, -0.25) is 9.78 Å². The Morgan fingerprint density at radius 2 is 1.81 bits per heavy atom. The molecule has 0 bridgehead atoms. The third kappa shape index (κ3) is 5.11. The fourth-order valence-electron chi connectivity index (χ4n) is 4.76. The molecule has 2 heterocycles. The van der Waals surface area contributed by atoms with Crippen LogP contribution in [0.25, 0.3) is 22.8 Å². The summed E-state index contributed by atoms with van der Waals surface area (Å²) in [5.74, 6) is 1.95. The van der Waals surface area contributed by atoms with Crippen LogP contribution in [0.1, 0.15) is 36.0 Å². The average Bonchev–Trinajstić information content (AvgIpc) is 3.61. The van der Waals surface area contributed by atoms with Crippen LogP contribution in [0.15, 0.2) is 73.1 Å². The van der Waals surface area contributed by atoms with Gasteiger partial charge in [0, 0.05) is 41.7 Å². The highest BCUT2D eigenvalue weighted by molar-refractivity contribution is 6.32. The number of methoxy groups -OCH3 is 1. The van der Waals surface area contributed by atoms with E-state index in [1.165, 1.54) is 0 Å². The molecule has 4 aromatic rings. The first-order valence-corrected chi connectivity index (χ1v) is 12.6. The monoisotopic (exact) mass is 501 g/mol. The van der Waals surface area contributed by atoms with Crippen molar-refractivity contribution in [2.75, 3.05) is 13.7 Å². The number of amides is 1. The molecule has 2 aromatic heterocycles. The van der Waals surface area contributed by atoms with E-state index in [9.17, 15) is 4.79 Å². The van der Waals surface area contributed by atoms with Crippen LogP contribution in [0, 0.1) is 0 Å². The van der Waals surface area contributed by atoms with Gasteiger partial charge in [0.25, 0.3) is 5.91 Å². The van der Waals surface area contributed by atoms with E-state index in [1.54, 1.807) is 25.6 Å². The van der Waals surface area contributed by atoms with Crippen LogP contribution in [-0.2, 0) is 6.54 Å². The molecule has 0 spiro atoms. The molecule has 0 atom stereocenters. The number of carbonyl (C=O) groups is 1. The number of halogens is 1. The van der Waals surface area contributed by atoms with Crippen LogP contribution in [-0.4, -0.2) is 50.3 Å². The Hall–Kier alpha value is -3.71. The van der Waals surface area contributed by atoms with Crippen LogP contribution in [0.5, 0.6) is 5.75 Å². The summed E-state index contributed by atoms with van der Waals surface area (Å²) in [7, 11) is 1.59. The summed E-state index contributed by atoms with van der Waals surface area (Å²) in [6.07, 6.45) is 7.84. The molecule has 1 fully saturated rings. The highest BCUT2D eigenvalue weighted by Gasteiger charge is 2.28. The van der Waals surface area contributed by atoms with Crippen LogP contribution in [0.3, 0.4) is 0 Å². The molecule has 0 N–H and O–H groups in total. The van der Waals surface area contributed by atoms with Crippen LogP contribution >= 0.6 is 11.6 Å². The largest absolute Gasteiger partial charge is 0.495 e. The van der Waals surface area contributed by atoms with Crippen LogP contribution in [0.4, 0.5) is 0 Å². The van der Waals surface area contributed by atoms with Gasteiger partial charge in [-0.25, -0.2) is 9.67 Å². The van der Waals surface area contributed by atoms with E-state index in [2.05, 4.69) is 4.98 Å². The minimum absolute atomic E-state index is 0.0650. The summed E-state index contributed by atoms with van der Waals surface area (Å²) < 4.78 is 7.16. The molecule has 1 saturated carbocycles. The van der Waals surface area contributed by atoms with Gasteiger partial charge in [-0.1, -0.05) is 42.6 Å². The summed E-state index contributed by atoms with van der Waals surface area (Å²) in [5.41, 5.74) is 2.42. The molecule has 2 aromatic carbocycles. The molecule has 1 aliphatic rings. The van der Waals surface area contributed by atoms with Gasteiger partial charge < -0.3 is 9.64 Å². The van der Waals surface area contributed by atoms with Gasteiger partial charge in [0.2, 0.25) is 0 Å². The Morgan fingerprint density at radius 3 is 2.50 bits per heavy atom. The molecular formula is C28H28ClN5O2. The summed E-state index contributed by atoms with van der Waals surface area (Å²) in [5, 5.41) is 5.33. The molecule has 7 nitrogen and oxygen atoms in total. The number of hydrogen-bond acceptors (Lipinski definition) is 5. The van der Waals surface area contributed by atoms with E-state index in [1.807, 2.05) is 64.2 Å². The molecule has 0 aliphatic heterocycles. The summed E-state index contributed by atoms with van der Waals surface area (Å²) in [6, 6.07) is 19.1. The van der Waals surface area contributed by atoms with E-state index in [0.717, 1.165) is 42.6 Å². The Bertz CT molecular complexity index is 1320. The molecule has 184 valence electrons. The lowest BCUT2D eigenvalue weighted by molar-refractivity contribution is 0.0672. The first-order chi connectivity index (χ1) is 17.6. The summed E-state index contributed by atoms with van der Waals surface area (Å²) >= 11 is 6.37. The smallest absolute Gasteiger partial charge is 0.254 e. The molecule has 0 saturated heterocycles. The lowest BCUT2D eigenvalue weighted by Gasteiger charge is -2.29. The average molecular weight is 502 g/mol. The van der Waals surface area contributed by atoms with E-state index in [-0.39, 0.29) is 11.9 Å². The van der Waals surface area contributed by atoms with Crippen molar-refractivity contribution >= 4 is 17.5 Å². The number of ether oxygens (including phenoxy) is 1. The van der Waals surface area contributed by atoms with Gasteiger partial charge in [-0.05, 0) is 55.3 Å². The van der Waals surface area contributed by atoms with Crippen LogP contribution < -0.4 is 4.74 Å². The third-order valence-corrected chi connectivity index (χ3v) is 6.92. The Balaban J connectivity index is 1.47. The maximum absolute atomic E-state index is 13.5. The quantitative estimate of drug-likeness (QED) is 0.307. The minimum Gasteiger partial charge on any atom is -0.495 e. The van der Waals surface area contributed by atoms with Gasteiger partial charge in [0.15, 0.2) is 11.6 Å². The molecule has 8 heteroatoms. The normalized spacial score (nSPS) is 13.6. The highest BCUT2D eigenvalue weighted by atomic mass is 35.5. The first-order valence-electron chi connectivity index (χ1n) is 12.2. The van der Waals surface area contributed by atoms with Gasteiger partial charge in [-0.2, -0.15) is 5.10 Å². The standard InChI is InChI=1S/C28H28ClN5O2/c1-36-25-12-11-22(19-24(25)29)26-31-27(20-13-15-30-16-14-20)34(32-26)18-17-33(23-9-5-6-10-23)28(35)21-7-3-2-4-8-21/h2-4,7-8,11-16,19,23H,5-6,9-10,17-18H2,1H3. The third-order valence-electron chi connectivity index (χ3n) is 6.62. The topological polar surface area (TPSA) is 73.1 Å². The predicted molar refractivity (Wildman–Crippen MR) is 140 cm³/mol. The van der Waals surface area contributed by atoms with Crippen LogP contribution in [0.2, 0.25) is 5.02 Å². The van der Waals surface area contributed by atoms with Crippen molar-refractivity contribution in [3.8, 4) is 28.5 Å². The number of pyridine rings is 1. The van der Waals surface area contributed by atoms with E-state index < -0.39 is 0 Å². The second kappa shape index (κ2) is 10.9. The fourth-order valence-corrected chi connectivity index (χ4v) is 5.01. The number of aromatic nitrogens is 4. The summed E-state index contributed by atoms with van der Waals surface area (Å²) in [6.45, 7) is 1.06. The van der Waals surface area contributed by atoms with Crippen molar-refractivity contribution in [1.82, 2.24) is 24.6 Å². The highest BCUT2D eigenvalue weighted by Crippen LogP contribution is 2.30. The maximum atomic E-state index is 13.5. The Labute approximate surface area is 215 Å². The molecule has 0 radical (unpaired) electrons. The summed E-state index contributed by atoms with van der Waals surface area (Å²) in [4.78, 5) is 24.5. The number of nitrogens with zero attached hydrogens (tertiary/aromatic N) is 5. The first kappa shape index (κ1) is 24.0. The zero-order valence-electron chi connectivity index (χ0n) is 20.2. The van der Waals surface area contributed by atoms with Crippen molar-refractivity contribution < 1.29 is 9.53 Å². The van der Waals surface area contributed by atoms with Gasteiger partial charge >= 0.3 is 0 Å². The zero-order valence-corrected chi connectivity index (χ0v) is 20.9. The van der Waals surface area contributed by atoms with Gasteiger partial charge in [-0.15, -0.1) is 0 Å². The predicted octanol–water partition coefficient (Wildman–Crippen LogP) is 5.75. The molecule has 0 unspecified atom stereocenters. The number of benzene rings is 2. The Kier molecular flexibility index (Phi) is 7.28.